The molecule has 4 fully saturated rings. The van der Waals surface area contributed by atoms with Gasteiger partial charge >= 0.3 is 0 Å². The lowest BCUT2D eigenvalue weighted by atomic mass is 9.61. The van der Waals surface area contributed by atoms with Crippen LogP contribution in [0.1, 0.15) is 51.9 Å². The highest BCUT2D eigenvalue weighted by Crippen LogP contribution is 2.52. The normalized spacial score (nSPS) is 51.4. The SMILES string of the molecule is CC12CCCC(=O)N1C[C@@H]1CCC[N+]3([O-])CCC[C@H]2[C@H]13. The summed E-state index contributed by atoms with van der Waals surface area (Å²) in [5.74, 6) is 1.25. The lowest BCUT2D eigenvalue weighted by Gasteiger charge is -2.67. The Labute approximate surface area is 121 Å². The van der Waals surface area contributed by atoms with Gasteiger partial charge in [-0.3, -0.25) is 4.79 Å². The molecule has 4 heteroatoms. The highest BCUT2D eigenvalue weighted by molar-refractivity contribution is 5.78. The number of hydrogen-bond donors (Lipinski definition) is 0. The summed E-state index contributed by atoms with van der Waals surface area (Å²) in [5, 5.41) is 13.3. The molecule has 4 aliphatic heterocycles. The molecular weight excluding hydrogens is 252 g/mol. The first-order valence-corrected chi connectivity index (χ1v) is 8.43. The first-order chi connectivity index (χ1) is 9.55. The number of piperidine rings is 4. The van der Waals surface area contributed by atoms with Crippen molar-refractivity contribution in [2.45, 2.75) is 63.5 Å². The van der Waals surface area contributed by atoms with E-state index in [4.69, 9.17) is 0 Å². The standard InChI is InChI=1S/C16H26N2O2/c1-16-8-2-7-14(19)17(16)11-12-5-3-9-18(20)10-4-6-13(16)15(12)18/h12-13,15H,2-11H2,1H3/t12-,13-,15-,16?,18?/m0/s1. The van der Waals surface area contributed by atoms with Crippen LogP contribution < -0.4 is 0 Å². The van der Waals surface area contributed by atoms with E-state index in [-0.39, 0.29) is 16.2 Å². The van der Waals surface area contributed by atoms with E-state index in [0.717, 1.165) is 64.6 Å². The Bertz CT molecular complexity index is 436. The minimum atomic E-state index is -0.0256. The van der Waals surface area contributed by atoms with Crippen molar-refractivity contribution in [3.8, 4) is 0 Å². The van der Waals surface area contributed by atoms with Gasteiger partial charge in [0.1, 0.15) is 0 Å². The van der Waals surface area contributed by atoms with Gasteiger partial charge in [0.2, 0.25) is 5.91 Å². The Morgan fingerprint density at radius 2 is 2.00 bits per heavy atom. The zero-order chi connectivity index (χ0) is 14.0. The van der Waals surface area contributed by atoms with Gasteiger partial charge in [-0.1, -0.05) is 0 Å². The Morgan fingerprint density at radius 1 is 1.25 bits per heavy atom. The van der Waals surface area contributed by atoms with E-state index in [2.05, 4.69) is 11.8 Å². The van der Waals surface area contributed by atoms with Gasteiger partial charge in [-0.15, -0.1) is 0 Å². The molecule has 0 aliphatic carbocycles. The molecule has 4 rings (SSSR count). The summed E-state index contributed by atoms with van der Waals surface area (Å²) in [6, 6.07) is 0.282. The summed E-state index contributed by atoms with van der Waals surface area (Å²) in [5.41, 5.74) is -0.0256. The van der Waals surface area contributed by atoms with E-state index < -0.39 is 0 Å². The Morgan fingerprint density at radius 3 is 2.80 bits per heavy atom. The molecule has 4 nitrogen and oxygen atoms in total. The predicted octanol–water partition coefficient (Wildman–Crippen LogP) is 2.27. The molecule has 0 aromatic carbocycles. The molecule has 0 aromatic heterocycles. The van der Waals surface area contributed by atoms with Gasteiger partial charge in [0.25, 0.3) is 0 Å². The number of rotatable bonds is 0. The molecule has 0 radical (unpaired) electrons. The minimum Gasteiger partial charge on any atom is -0.633 e. The van der Waals surface area contributed by atoms with Crippen LogP contribution in [0.25, 0.3) is 0 Å². The molecule has 2 unspecified atom stereocenters. The number of hydrogen-bond acceptors (Lipinski definition) is 2. The average Bonchev–Trinajstić information content (AvgIpc) is 2.41. The summed E-state index contributed by atoms with van der Waals surface area (Å²) < 4.78 is 0.0625. The summed E-state index contributed by atoms with van der Waals surface area (Å²) in [6.45, 7) is 4.78. The van der Waals surface area contributed by atoms with Gasteiger partial charge in [0.15, 0.2) is 0 Å². The van der Waals surface area contributed by atoms with Crippen molar-refractivity contribution in [3.63, 3.8) is 0 Å². The molecule has 4 saturated heterocycles. The molecule has 112 valence electrons. The number of amides is 1. The van der Waals surface area contributed by atoms with Crippen LogP contribution in [0, 0.1) is 17.0 Å². The summed E-state index contributed by atoms with van der Waals surface area (Å²) >= 11 is 0. The summed E-state index contributed by atoms with van der Waals surface area (Å²) in [4.78, 5) is 14.6. The molecule has 0 aromatic rings. The molecule has 5 atom stereocenters. The maximum Gasteiger partial charge on any atom is 0.223 e. The maximum atomic E-state index is 13.3. The average molecular weight is 278 g/mol. The molecule has 0 N–H and O–H groups in total. The van der Waals surface area contributed by atoms with E-state index in [9.17, 15) is 10.0 Å². The number of nitrogens with zero attached hydrogens (tertiary/aromatic N) is 2. The monoisotopic (exact) mass is 278 g/mol. The van der Waals surface area contributed by atoms with E-state index in [1.165, 1.54) is 0 Å². The zero-order valence-electron chi connectivity index (χ0n) is 12.5. The second kappa shape index (κ2) is 4.20. The fourth-order valence-corrected chi connectivity index (χ4v) is 5.95. The lowest BCUT2D eigenvalue weighted by molar-refractivity contribution is -0.926. The smallest absolute Gasteiger partial charge is 0.223 e. The molecule has 0 bridgehead atoms. The van der Waals surface area contributed by atoms with Crippen LogP contribution in [0.3, 0.4) is 0 Å². The molecule has 20 heavy (non-hydrogen) atoms. The van der Waals surface area contributed by atoms with Crippen molar-refractivity contribution in [1.82, 2.24) is 4.90 Å². The van der Waals surface area contributed by atoms with Crippen LogP contribution in [-0.2, 0) is 4.79 Å². The third kappa shape index (κ3) is 1.58. The topological polar surface area (TPSA) is 43.4 Å². The van der Waals surface area contributed by atoms with E-state index in [1.807, 2.05) is 0 Å². The highest BCUT2D eigenvalue weighted by atomic mass is 16.5. The molecular formula is C16H26N2O2. The third-order valence-electron chi connectivity index (χ3n) is 6.81. The minimum absolute atomic E-state index is 0.0256. The number of hydroxylamine groups is 3. The number of carbonyl (C=O) groups excluding carboxylic acids is 1. The van der Waals surface area contributed by atoms with E-state index in [0.29, 0.717) is 17.7 Å². The Balaban J connectivity index is 1.76. The second-order valence-corrected chi connectivity index (χ2v) is 7.76. The van der Waals surface area contributed by atoms with Gasteiger partial charge in [-0.25, -0.2) is 0 Å². The predicted molar refractivity (Wildman–Crippen MR) is 76.6 cm³/mol. The maximum absolute atomic E-state index is 13.3. The second-order valence-electron chi connectivity index (χ2n) is 7.76. The van der Waals surface area contributed by atoms with E-state index in [1.54, 1.807) is 0 Å². The fourth-order valence-electron chi connectivity index (χ4n) is 5.95. The van der Waals surface area contributed by atoms with Crippen molar-refractivity contribution in [3.05, 3.63) is 5.21 Å². The number of carbonyl (C=O) groups is 1. The summed E-state index contributed by atoms with van der Waals surface area (Å²) in [6.07, 6.45) is 7.25. The van der Waals surface area contributed by atoms with Crippen molar-refractivity contribution < 1.29 is 9.44 Å². The van der Waals surface area contributed by atoms with Crippen molar-refractivity contribution in [1.29, 1.82) is 0 Å². The van der Waals surface area contributed by atoms with E-state index >= 15 is 0 Å². The number of quaternary nitrogens is 1. The van der Waals surface area contributed by atoms with Gasteiger partial charge in [-0.05, 0) is 45.4 Å². The van der Waals surface area contributed by atoms with Crippen LogP contribution in [0.4, 0.5) is 0 Å². The highest BCUT2D eigenvalue weighted by Gasteiger charge is 2.60. The zero-order valence-corrected chi connectivity index (χ0v) is 12.5. The Kier molecular flexibility index (Phi) is 2.75. The van der Waals surface area contributed by atoms with Crippen molar-refractivity contribution in [2.75, 3.05) is 19.6 Å². The molecule has 0 spiro atoms. The van der Waals surface area contributed by atoms with Gasteiger partial charge < -0.3 is 14.8 Å². The number of fused-ring (bicyclic) bond motifs is 2. The van der Waals surface area contributed by atoms with Crippen LogP contribution in [0.5, 0.6) is 0 Å². The molecule has 4 heterocycles. The summed E-state index contributed by atoms with van der Waals surface area (Å²) in [7, 11) is 0. The van der Waals surface area contributed by atoms with Crippen LogP contribution in [-0.4, -0.2) is 46.7 Å². The van der Waals surface area contributed by atoms with Crippen LogP contribution in [0.15, 0.2) is 0 Å². The van der Waals surface area contributed by atoms with Crippen LogP contribution >= 0.6 is 0 Å². The fraction of sp³-hybridized carbons (Fsp3) is 0.938. The van der Waals surface area contributed by atoms with Gasteiger partial charge in [-0.2, -0.15) is 0 Å². The first-order valence-electron chi connectivity index (χ1n) is 8.43. The third-order valence-corrected chi connectivity index (χ3v) is 6.81. The largest absolute Gasteiger partial charge is 0.633 e. The van der Waals surface area contributed by atoms with Gasteiger partial charge in [0.05, 0.1) is 19.1 Å². The van der Waals surface area contributed by atoms with Crippen molar-refractivity contribution >= 4 is 5.91 Å². The van der Waals surface area contributed by atoms with Gasteiger partial charge in [0, 0.05) is 30.3 Å². The molecule has 4 aliphatic rings. The van der Waals surface area contributed by atoms with Crippen molar-refractivity contribution in [2.24, 2.45) is 11.8 Å². The Hall–Kier alpha value is -0.610. The quantitative estimate of drug-likeness (QED) is 0.504. The first kappa shape index (κ1) is 13.1. The molecule has 0 saturated carbocycles. The molecule has 1 amide bonds. The van der Waals surface area contributed by atoms with Crippen LogP contribution in [0.2, 0.25) is 0 Å². The lowest BCUT2D eigenvalue weighted by Crippen LogP contribution is -2.75.